The minimum absolute atomic E-state index is 0.110. The molecule has 1 aliphatic heterocycles. The van der Waals surface area contributed by atoms with E-state index < -0.39 is 10.0 Å². The number of quaternary nitrogens is 1. The van der Waals surface area contributed by atoms with Crippen LogP contribution in [0.4, 0.5) is 0 Å². The molecule has 0 bridgehead atoms. The van der Waals surface area contributed by atoms with Gasteiger partial charge in [-0.15, -0.1) is 10.2 Å². The van der Waals surface area contributed by atoms with E-state index in [-0.39, 0.29) is 11.5 Å². The summed E-state index contributed by atoms with van der Waals surface area (Å²) >= 11 is 0. The molecule has 2 N–H and O–H groups in total. The number of aliphatic hydroxyl groups excluding tert-OH is 1. The van der Waals surface area contributed by atoms with Crippen molar-refractivity contribution < 1.29 is 18.4 Å². The Morgan fingerprint density at radius 1 is 1.03 bits per heavy atom. The van der Waals surface area contributed by atoms with E-state index in [1.165, 1.54) is 9.21 Å². The van der Waals surface area contributed by atoms with Gasteiger partial charge in [-0.05, 0) is 31.5 Å². The molecule has 0 atom stereocenters. The fourth-order valence-electron chi connectivity index (χ4n) is 4.51. The summed E-state index contributed by atoms with van der Waals surface area (Å²) in [4.78, 5) is 1.46. The van der Waals surface area contributed by atoms with Crippen molar-refractivity contribution in [2.75, 3.05) is 39.3 Å². The molecule has 1 aliphatic rings. The molecule has 172 valence electrons. The molecular weight excluding hydrogens is 440 g/mol. The zero-order chi connectivity index (χ0) is 23.2. The molecule has 9 nitrogen and oxygen atoms in total. The third-order valence-electron chi connectivity index (χ3n) is 6.43. The number of benzene rings is 2. The highest BCUT2D eigenvalue weighted by atomic mass is 32.2. The van der Waals surface area contributed by atoms with Crippen molar-refractivity contribution in [2.24, 2.45) is 0 Å². The Kier molecular flexibility index (Phi) is 5.61. The van der Waals surface area contributed by atoms with Crippen LogP contribution < -0.4 is 4.90 Å². The maximum Gasteiger partial charge on any atom is 0.243 e. The Bertz CT molecular complexity index is 1440. The highest BCUT2D eigenvalue weighted by Crippen LogP contribution is 2.29. The Morgan fingerprint density at radius 2 is 1.76 bits per heavy atom. The first-order valence-electron chi connectivity index (χ1n) is 11.1. The Morgan fingerprint density at radius 3 is 2.48 bits per heavy atom. The quantitative estimate of drug-likeness (QED) is 0.441. The van der Waals surface area contributed by atoms with E-state index in [2.05, 4.69) is 10.2 Å². The average molecular weight is 468 g/mol. The number of aliphatic hydroxyl groups is 1. The smallest absolute Gasteiger partial charge is 0.243 e. The van der Waals surface area contributed by atoms with Gasteiger partial charge in [-0.1, -0.05) is 30.3 Å². The van der Waals surface area contributed by atoms with E-state index in [0.717, 1.165) is 22.0 Å². The zero-order valence-corrected chi connectivity index (χ0v) is 19.5. The fourth-order valence-corrected chi connectivity index (χ4v) is 5.98. The van der Waals surface area contributed by atoms with Gasteiger partial charge in [0.15, 0.2) is 11.5 Å². The number of sulfonamides is 1. The summed E-state index contributed by atoms with van der Waals surface area (Å²) in [5.74, 6) is 0.519. The van der Waals surface area contributed by atoms with Crippen molar-refractivity contribution in [1.29, 1.82) is 0 Å². The second-order valence-corrected chi connectivity index (χ2v) is 10.4. The van der Waals surface area contributed by atoms with Crippen LogP contribution in [0.1, 0.15) is 11.3 Å². The highest BCUT2D eigenvalue weighted by molar-refractivity contribution is 7.89. The van der Waals surface area contributed by atoms with Crippen LogP contribution in [0.15, 0.2) is 47.4 Å². The molecule has 2 aromatic heterocycles. The number of hydrogen-bond donors (Lipinski definition) is 2. The van der Waals surface area contributed by atoms with E-state index in [1.54, 1.807) is 16.6 Å². The lowest BCUT2D eigenvalue weighted by Gasteiger charge is -2.31. The molecule has 0 aliphatic carbocycles. The third-order valence-corrected chi connectivity index (χ3v) is 8.33. The molecule has 0 unspecified atom stereocenters. The first-order chi connectivity index (χ1) is 15.9. The molecule has 0 amide bonds. The van der Waals surface area contributed by atoms with Gasteiger partial charge in [-0.25, -0.2) is 8.42 Å². The van der Waals surface area contributed by atoms with Crippen molar-refractivity contribution in [3.63, 3.8) is 0 Å². The normalized spacial score (nSPS) is 16.1. The second-order valence-electron chi connectivity index (χ2n) is 8.49. The van der Waals surface area contributed by atoms with Crippen LogP contribution in [-0.4, -0.2) is 77.0 Å². The minimum Gasteiger partial charge on any atom is -0.391 e. The van der Waals surface area contributed by atoms with Crippen LogP contribution >= 0.6 is 0 Å². The number of aryl methyl sites for hydroxylation is 2. The minimum atomic E-state index is -3.65. The molecule has 1 saturated heterocycles. The number of nitrogens with zero attached hydrogens (tertiary/aromatic N) is 5. The Hall–Kier alpha value is -2.92. The lowest BCUT2D eigenvalue weighted by Crippen LogP contribution is -3.15. The van der Waals surface area contributed by atoms with Crippen LogP contribution in [-0.2, 0) is 10.0 Å². The standard InChI is InChI=1S/C23H26N6O3S/c1-16-7-8-18(33(31,32)28-11-9-27(10-12-28)13-14-30)15-21(16)23-25-24-22-20-6-4-3-5-19(20)17(2)26-29(22)23/h3-8,15,30H,9-14H2,1-2H3/p+1. The zero-order valence-electron chi connectivity index (χ0n) is 18.7. The number of nitrogens with one attached hydrogen (secondary N) is 1. The van der Waals surface area contributed by atoms with Gasteiger partial charge in [0.1, 0.15) is 6.54 Å². The molecule has 0 saturated carbocycles. The summed E-state index contributed by atoms with van der Waals surface area (Å²) in [7, 11) is -3.65. The van der Waals surface area contributed by atoms with E-state index in [9.17, 15) is 8.42 Å². The van der Waals surface area contributed by atoms with Gasteiger partial charge in [-0.3, -0.25) is 0 Å². The van der Waals surface area contributed by atoms with Gasteiger partial charge in [-0.2, -0.15) is 13.9 Å². The lowest BCUT2D eigenvalue weighted by molar-refractivity contribution is -0.904. The third kappa shape index (κ3) is 3.78. The molecule has 33 heavy (non-hydrogen) atoms. The molecule has 2 aromatic carbocycles. The van der Waals surface area contributed by atoms with Crippen molar-refractivity contribution in [3.05, 3.63) is 53.7 Å². The molecule has 10 heteroatoms. The van der Waals surface area contributed by atoms with Gasteiger partial charge < -0.3 is 10.0 Å². The summed E-state index contributed by atoms with van der Waals surface area (Å²) < 4.78 is 30.0. The van der Waals surface area contributed by atoms with Crippen molar-refractivity contribution in [1.82, 2.24) is 24.1 Å². The number of hydrogen-bond acceptors (Lipinski definition) is 6. The van der Waals surface area contributed by atoms with Gasteiger partial charge >= 0.3 is 0 Å². The van der Waals surface area contributed by atoms with Crippen LogP contribution in [0, 0.1) is 13.8 Å². The van der Waals surface area contributed by atoms with E-state index >= 15 is 0 Å². The second kappa shape index (κ2) is 8.45. The molecule has 0 spiro atoms. The predicted molar refractivity (Wildman–Crippen MR) is 125 cm³/mol. The summed E-state index contributed by atoms with van der Waals surface area (Å²) in [6.45, 7) is 6.85. The van der Waals surface area contributed by atoms with Gasteiger partial charge in [0.25, 0.3) is 0 Å². The Labute approximate surface area is 192 Å². The van der Waals surface area contributed by atoms with Crippen molar-refractivity contribution in [2.45, 2.75) is 18.7 Å². The number of aromatic nitrogens is 4. The number of piperazine rings is 1. The predicted octanol–water partition coefficient (Wildman–Crippen LogP) is 0.443. The van der Waals surface area contributed by atoms with E-state index in [1.807, 2.05) is 44.2 Å². The Balaban J connectivity index is 1.56. The SMILES string of the molecule is Cc1ccc(S(=O)(=O)N2CC[NH+](CCO)CC2)cc1-c1nnc2c3ccccc3c(C)nn12. The highest BCUT2D eigenvalue weighted by Gasteiger charge is 2.31. The topological polar surface area (TPSA) is 105 Å². The number of rotatable bonds is 5. The number of fused-ring (bicyclic) bond motifs is 3. The van der Waals surface area contributed by atoms with Crippen LogP contribution in [0.3, 0.4) is 0 Å². The van der Waals surface area contributed by atoms with Crippen LogP contribution in [0.25, 0.3) is 27.8 Å². The maximum absolute atomic E-state index is 13.4. The molecular formula is C23H27N6O3S+. The largest absolute Gasteiger partial charge is 0.391 e. The summed E-state index contributed by atoms with van der Waals surface area (Å²) in [5.41, 5.74) is 3.08. The summed E-state index contributed by atoms with van der Waals surface area (Å²) in [5, 5.41) is 24.6. The molecule has 0 radical (unpaired) electrons. The molecule has 5 rings (SSSR count). The van der Waals surface area contributed by atoms with Crippen molar-refractivity contribution >= 4 is 26.4 Å². The fraction of sp³-hybridized carbons (Fsp3) is 0.348. The van der Waals surface area contributed by atoms with Crippen molar-refractivity contribution in [3.8, 4) is 11.4 Å². The molecule has 1 fully saturated rings. The van der Waals surface area contributed by atoms with Crippen LogP contribution in [0.2, 0.25) is 0 Å². The average Bonchev–Trinajstić information content (AvgIpc) is 3.24. The molecule has 3 heterocycles. The first-order valence-corrected chi connectivity index (χ1v) is 12.5. The van der Waals surface area contributed by atoms with Gasteiger partial charge in [0, 0.05) is 16.3 Å². The lowest BCUT2D eigenvalue weighted by atomic mass is 10.1. The molecule has 4 aromatic rings. The monoisotopic (exact) mass is 467 g/mol. The van der Waals surface area contributed by atoms with Gasteiger partial charge in [0.05, 0.1) is 43.4 Å². The van der Waals surface area contributed by atoms with E-state index in [0.29, 0.717) is 49.8 Å². The first kappa shape index (κ1) is 21.9. The van der Waals surface area contributed by atoms with Crippen LogP contribution in [0.5, 0.6) is 0 Å². The van der Waals surface area contributed by atoms with Gasteiger partial charge in [0.2, 0.25) is 10.0 Å². The van der Waals surface area contributed by atoms with E-state index in [4.69, 9.17) is 10.2 Å². The summed E-state index contributed by atoms with van der Waals surface area (Å²) in [6.07, 6.45) is 0. The summed E-state index contributed by atoms with van der Waals surface area (Å²) in [6, 6.07) is 13.1. The maximum atomic E-state index is 13.4.